The smallest absolute Gasteiger partial charge is 0.347 e. The predicted octanol–water partition coefficient (Wildman–Crippen LogP) is 4.02. The summed E-state index contributed by atoms with van der Waals surface area (Å²) < 4.78 is 38.1. The van der Waals surface area contributed by atoms with Crippen molar-refractivity contribution in [2.24, 2.45) is 5.92 Å². The average Bonchev–Trinajstić information content (AvgIpc) is 3.06. The minimum absolute atomic E-state index is 0.112. The lowest BCUT2D eigenvalue weighted by atomic mass is 9.97. The van der Waals surface area contributed by atoms with Crippen LogP contribution in [-0.4, -0.2) is 24.0 Å². The molecule has 8 heteroatoms. The predicted molar refractivity (Wildman–Crippen MR) is 87.1 cm³/mol. The van der Waals surface area contributed by atoms with E-state index in [0.717, 1.165) is 12.6 Å². The van der Waals surface area contributed by atoms with E-state index in [1.54, 1.807) is 17.0 Å². The van der Waals surface area contributed by atoms with Crippen LogP contribution in [0.5, 0.6) is 0 Å². The van der Waals surface area contributed by atoms with Gasteiger partial charge in [-0.05, 0) is 25.0 Å². The highest BCUT2D eigenvalue weighted by Gasteiger charge is 2.35. The fourth-order valence-electron chi connectivity index (χ4n) is 2.67. The molecule has 1 unspecified atom stereocenters. The van der Waals surface area contributed by atoms with Crippen molar-refractivity contribution in [1.82, 2.24) is 4.98 Å². The van der Waals surface area contributed by atoms with Crippen molar-refractivity contribution in [3.63, 3.8) is 0 Å². The van der Waals surface area contributed by atoms with Gasteiger partial charge in [0.2, 0.25) is 5.91 Å². The molecule has 1 N–H and O–H groups in total. The molecule has 0 bridgehead atoms. The van der Waals surface area contributed by atoms with E-state index in [1.165, 1.54) is 0 Å². The summed E-state index contributed by atoms with van der Waals surface area (Å²) in [4.78, 5) is 17.3. The molecule has 0 aliphatic carbocycles. The molecule has 4 nitrogen and oxygen atoms in total. The summed E-state index contributed by atoms with van der Waals surface area (Å²) in [6.07, 6.45) is -2.07. The molecular formula is C16H16F3N3OS. The van der Waals surface area contributed by atoms with Gasteiger partial charge in [0.05, 0.1) is 12.1 Å². The molecule has 1 aliphatic rings. The fraction of sp³-hybridized carbons (Fsp3) is 0.375. The Kier molecular flexibility index (Phi) is 4.75. The van der Waals surface area contributed by atoms with Crippen LogP contribution in [0.2, 0.25) is 0 Å². The number of amides is 1. The van der Waals surface area contributed by atoms with Crippen LogP contribution in [-0.2, 0) is 11.0 Å². The lowest BCUT2D eigenvalue weighted by Gasteiger charge is -2.31. The van der Waals surface area contributed by atoms with E-state index in [1.807, 2.05) is 18.2 Å². The van der Waals surface area contributed by atoms with E-state index in [2.05, 4.69) is 10.3 Å². The standard InChI is InChI=1S/C16H16F3N3OS/c17-16(18,19)13-9-20-15(24-13)22-8-4-5-11(10-22)14(23)21-12-6-2-1-3-7-12/h1-3,6-7,9,11H,4-5,8,10H2,(H,21,23). The largest absolute Gasteiger partial charge is 0.427 e. The molecule has 1 saturated heterocycles. The highest BCUT2D eigenvalue weighted by Crippen LogP contribution is 2.37. The van der Waals surface area contributed by atoms with E-state index in [-0.39, 0.29) is 11.8 Å². The summed E-state index contributed by atoms with van der Waals surface area (Å²) in [5, 5.41) is 3.17. The molecule has 1 fully saturated rings. The van der Waals surface area contributed by atoms with Crippen LogP contribution in [0.1, 0.15) is 17.7 Å². The van der Waals surface area contributed by atoms with Crippen LogP contribution in [0, 0.1) is 5.92 Å². The van der Waals surface area contributed by atoms with Gasteiger partial charge in [-0.1, -0.05) is 29.5 Å². The molecule has 1 aromatic heterocycles. The third-order valence-electron chi connectivity index (χ3n) is 3.88. The lowest BCUT2D eigenvalue weighted by molar-refractivity contribution is -0.134. The van der Waals surface area contributed by atoms with Crippen molar-refractivity contribution in [3.05, 3.63) is 41.4 Å². The molecule has 2 heterocycles. The van der Waals surface area contributed by atoms with Gasteiger partial charge in [-0.25, -0.2) is 4.98 Å². The first-order valence-corrected chi connectivity index (χ1v) is 8.39. The van der Waals surface area contributed by atoms with Crippen LogP contribution in [0.15, 0.2) is 36.5 Å². The van der Waals surface area contributed by atoms with Gasteiger partial charge in [0, 0.05) is 18.8 Å². The van der Waals surface area contributed by atoms with Crippen molar-refractivity contribution in [2.45, 2.75) is 19.0 Å². The number of rotatable bonds is 3. The maximum atomic E-state index is 12.7. The van der Waals surface area contributed by atoms with E-state index >= 15 is 0 Å². The maximum absolute atomic E-state index is 12.7. The molecule has 0 spiro atoms. The molecule has 24 heavy (non-hydrogen) atoms. The van der Waals surface area contributed by atoms with Gasteiger partial charge in [-0.2, -0.15) is 13.2 Å². The molecule has 128 valence electrons. The monoisotopic (exact) mass is 355 g/mol. The average molecular weight is 355 g/mol. The molecular weight excluding hydrogens is 339 g/mol. The summed E-state index contributed by atoms with van der Waals surface area (Å²) in [7, 11) is 0. The number of para-hydroxylation sites is 1. The topological polar surface area (TPSA) is 45.2 Å². The maximum Gasteiger partial charge on any atom is 0.427 e. The van der Waals surface area contributed by atoms with Crippen LogP contribution in [0.4, 0.5) is 24.0 Å². The summed E-state index contributed by atoms with van der Waals surface area (Å²) in [5.41, 5.74) is 0.716. The number of hydrogen-bond acceptors (Lipinski definition) is 4. The Morgan fingerprint density at radius 2 is 2.04 bits per heavy atom. The molecule has 0 saturated carbocycles. The van der Waals surface area contributed by atoms with Crippen LogP contribution >= 0.6 is 11.3 Å². The first kappa shape index (κ1) is 16.8. The highest BCUT2D eigenvalue weighted by molar-refractivity contribution is 7.15. The summed E-state index contributed by atoms with van der Waals surface area (Å²) >= 11 is 0.622. The zero-order valence-corrected chi connectivity index (χ0v) is 13.5. The highest BCUT2D eigenvalue weighted by atomic mass is 32.1. The summed E-state index contributed by atoms with van der Waals surface area (Å²) in [6.45, 7) is 0.989. The number of carbonyl (C=O) groups excluding carboxylic acids is 1. The number of piperidine rings is 1. The van der Waals surface area contributed by atoms with E-state index in [0.29, 0.717) is 41.7 Å². The van der Waals surface area contributed by atoms with E-state index in [9.17, 15) is 18.0 Å². The number of nitrogens with one attached hydrogen (secondary N) is 1. The first-order chi connectivity index (χ1) is 11.4. The van der Waals surface area contributed by atoms with Crippen molar-refractivity contribution in [2.75, 3.05) is 23.3 Å². The molecule has 2 aromatic rings. The number of nitrogens with zero attached hydrogens (tertiary/aromatic N) is 2. The van der Waals surface area contributed by atoms with Crippen molar-refractivity contribution in [1.29, 1.82) is 0 Å². The number of anilines is 2. The van der Waals surface area contributed by atoms with Gasteiger partial charge in [-0.3, -0.25) is 4.79 Å². The van der Waals surface area contributed by atoms with E-state index < -0.39 is 11.1 Å². The number of thiazole rings is 1. The second-order valence-electron chi connectivity index (χ2n) is 5.65. The number of benzene rings is 1. The second kappa shape index (κ2) is 6.80. The third-order valence-corrected chi connectivity index (χ3v) is 4.98. The number of aromatic nitrogens is 1. The van der Waals surface area contributed by atoms with Gasteiger partial charge in [0.1, 0.15) is 4.88 Å². The van der Waals surface area contributed by atoms with Gasteiger partial charge in [0.15, 0.2) is 5.13 Å². The van der Waals surface area contributed by atoms with Crippen molar-refractivity contribution in [3.8, 4) is 0 Å². The zero-order chi connectivity index (χ0) is 17.2. The van der Waals surface area contributed by atoms with Crippen LogP contribution in [0.25, 0.3) is 0 Å². The summed E-state index contributed by atoms with van der Waals surface area (Å²) in [5.74, 6) is -0.379. The summed E-state index contributed by atoms with van der Waals surface area (Å²) in [6, 6.07) is 9.12. The number of halogens is 3. The number of carbonyl (C=O) groups is 1. The molecule has 3 rings (SSSR count). The Labute approximate surface area is 141 Å². The molecule has 1 aliphatic heterocycles. The third kappa shape index (κ3) is 3.87. The minimum atomic E-state index is -4.38. The molecule has 1 aromatic carbocycles. The molecule has 0 radical (unpaired) electrons. The van der Waals surface area contributed by atoms with E-state index in [4.69, 9.17) is 0 Å². The molecule has 1 amide bonds. The van der Waals surface area contributed by atoms with Gasteiger partial charge >= 0.3 is 6.18 Å². The van der Waals surface area contributed by atoms with Crippen molar-refractivity contribution < 1.29 is 18.0 Å². The number of alkyl halides is 3. The van der Waals surface area contributed by atoms with Crippen molar-refractivity contribution >= 4 is 28.1 Å². The first-order valence-electron chi connectivity index (χ1n) is 7.57. The van der Waals surface area contributed by atoms with Gasteiger partial charge in [-0.15, -0.1) is 0 Å². The Hall–Kier alpha value is -2.09. The van der Waals surface area contributed by atoms with Gasteiger partial charge in [0.25, 0.3) is 0 Å². The zero-order valence-electron chi connectivity index (χ0n) is 12.7. The Bertz CT molecular complexity index is 702. The number of hydrogen-bond donors (Lipinski definition) is 1. The molecule has 1 atom stereocenters. The second-order valence-corrected chi connectivity index (χ2v) is 6.65. The van der Waals surface area contributed by atoms with Crippen LogP contribution < -0.4 is 10.2 Å². The Balaban J connectivity index is 1.66. The Morgan fingerprint density at radius 3 is 2.71 bits per heavy atom. The van der Waals surface area contributed by atoms with Gasteiger partial charge < -0.3 is 10.2 Å². The normalized spacial score (nSPS) is 18.5. The minimum Gasteiger partial charge on any atom is -0.347 e. The SMILES string of the molecule is O=C(Nc1ccccc1)C1CCCN(c2ncc(C(F)(F)F)s2)C1. The Morgan fingerprint density at radius 1 is 1.29 bits per heavy atom. The fourth-order valence-corrected chi connectivity index (χ4v) is 3.49. The van der Waals surface area contributed by atoms with Crippen LogP contribution in [0.3, 0.4) is 0 Å². The quantitative estimate of drug-likeness (QED) is 0.905. The lowest BCUT2D eigenvalue weighted by Crippen LogP contribution is -2.40.